The number of nitrogens with one attached hydrogen (secondary N) is 1. The minimum atomic E-state index is -0.534. The van der Waals surface area contributed by atoms with E-state index in [1.54, 1.807) is 0 Å². The second-order valence-corrected chi connectivity index (χ2v) is 8.95. The van der Waals surface area contributed by atoms with Gasteiger partial charge in [-0.1, -0.05) is 26.2 Å². The maximum atomic E-state index is 11.6. The molecule has 1 saturated carbocycles. The van der Waals surface area contributed by atoms with Crippen molar-refractivity contribution < 1.29 is 4.21 Å². The third-order valence-electron chi connectivity index (χ3n) is 6.01. The van der Waals surface area contributed by atoms with Crippen LogP contribution >= 0.6 is 0 Å². The maximum absolute atomic E-state index is 11.6. The lowest BCUT2D eigenvalue weighted by molar-refractivity contribution is 0.0519. The van der Waals surface area contributed by atoms with Crippen molar-refractivity contribution in [2.75, 3.05) is 24.6 Å². The molecule has 122 valence electrons. The Balaban J connectivity index is 1.62. The molecule has 21 heavy (non-hydrogen) atoms. The zero-order chi connectivity index (χ0) is 14.7. The highest BCUT2D eigenvalue weighted by molar-refractivity contribution is 7.85. The van der Waals surface area contributed by atoms with E-state index in [4.69, 9.17) is 0 Å². The molecular formula is C17H32N2OS. The van der Waals surface area contributed by atoms with Crippen LogP contribution in [0.2, 0.25) is 0 Å². The van der Waals surface area contributed by atoms with E-state index in [1.807, 2.05) is 0 Å². The smallest absolute Gasteiger partial charge is 0.0249 e. The summed E-state index contributed by atoms with van der Waals surface area (Å²) in [6.45, 7) is 4.72. The summed E-state index contributed by atoms with van der Waals surface area (Å²) in [6.07, 6.45) is 10.7. The van der Waals surface area contributed by atoms with Gasteiger partial charge in [0.1, 0.15) is 0 Å². The SMILES string of the molecule is CCC1CNC(C2CCCCC2)CN1C1CCS(=O)CC1. The number of piperazine rings is 1. The summed E-state index contributed by atoms with van der Waals surface area (Å²) in [5.74, 6) is 2.76. The summed E-state index contributed by atoms with van der Waals surface area (Å²) in [4.78, 5) is 2.80. The van der Waals surface area contributed by atoms with Gasteiger partial charge in [-0.3, -0.25) is 9.11 Å². The molecule has 3 nitrogen and oxygen atoms in total. The Morgan fingerprint density at radius 3 is 2.48 bits per heavy atom. The highest BCUT2D eigenvalue weighted by Crippen LogP contribution is 2.30. The van der Waals surface area contributed by atoms with Crippen molar-refractivity contribution >= 4 is 10.8 Å². The van der Waals surface area contributed by atoms with Crippen LogP contribution in [0.15, 0.2) is 0 Å². The predicted molar refractivity (Wildman–Crippen MR) is 90.0 cm³/mol. The van der Waals surface area contributed by atoms with E-state index in [0.29, 0.717) is 18.1 Å². The summed E-state index contributed by atoms with van der Waals surface area (Å²) < 4.78 is 11.6. The first-order valence-electron chi connectivity index (χ1n) is 9.12. The molecule has 2 aliphatic heterocycles. The highest BCUT2D eigenvalue weighted by atomic mass is 32.2. The molecule has 0 bridgehead atoms. The van der Waals surface area contributed by atoms with Crippen molar-refractivity contribution in [3.05, 3.63) is 0 Å². The van der Waals surface area contributed by atoms with Gasteiger partial charge in [0.25, 0.3) is 0 Å². The second-order valence-electron chi connectivity index (χ2n) is 7.25. The van der Waals surface area contributed by atoms with Gasteiger partial charge in [0.2, 0.25) is 0 Å². The standard InChI is InChI=1S/C17H32N2OS/c1-2-15-12-18-17(14-6-4-3-5-7-14)13-19(15)16-8-10-21(20)11-9-16/h14-18H,2-13H2,1H3. The number of rotatable bonds is 3. The van der Waals surface area contributed by atoms with Crippen LogP contribution in [0.4, 0.5) is 0 Å². The van der Waals surface area contributed by atoms with E-state index in [-0.39, 0.29) is 0 Å². The molecule has 2 atom stereocenters. The minimum Gasteiger partial charge on any atom is -0.311 e. The monoisotopic (exact) mass is 312 g/mol. The van der Waals surface area contributed by atoms with Crippen molar-refractivity contribution in [1.29, 1.82) is 0 Å². The molecular weight excluding hydrogens is 280 g/mol. The zero-order valence-electron chi connectivity index (χ0n) is 13.6. The van der Waals surface area contributed by atoms with Gasteiger partial charge >= 0.3 is 0 Å². The maximum Gasteiger partial charge on any atom is 0.0249 e. The number of nitrogens with zero attached hydrogens (tertiary/aromatic N) is 1. The molecule has 0 aromatic rings. The van der Waals surface area contributed by atoms with Crippen LogP contribution in [0.1, 0.15) is 58.3 Å². The lowest BCUT2D eigenvalue weighted by atomic mass is 9.82. The fourth-order valence-electron chi connectivity index (χ4n) is 4.64. The molecule has 2 unspecified atom stereocenters. The highest BCUT2D eigenvalue weighted by Gasteiger charge is 2.36. The van der Waals surface area contributed by atoms with Crippen LogP contribution in [-0.2, 0) is 10.8 Å². The normalized spacial score (nSPS) is 40.2. The molecule has 0 aromatic heterocycles. The van der Waals surface area contributed by atoms with Crippen molar-refractivity contribution in [1.82, 2.24) is 10.2 Å². The Labute approximate surface area is 132 Å². The molecule has 3 aliphatic rings. The Morgan fingerprint density at radius 2 is 1.81 bits per heavy atom. The van der Waals surface area contributed by atoms with Crippen LogP contribution in [0, 0.1) is 5.92 Å². The molecule has 3 fully saturated rings. The van der Waals surface area contributed by atoms with Gasteiger partial charge in [0.05, 0.1) is 0 Å². The predicted octanol–water partition coefficient (Wildman–Crippen LogP) is 2.53. The zero-order valence-corrected chi connectivity index (χ0v) is 14.4. The van der Waals surface area contributed by atoms with Gasteiger partial charge in [0.15, 0.2) is 0 Å². The third kappa shape index (κ3) is 3.89. The Kier molecular flexibility index (Phi) is 5.74. The van der Waals surface area contributed by atoms with Crippen molar-refractivity contribution in [3.8, 4) is 0 Å². The third-order valence-corrected chi connectivity index (χ3v) is 7.39. The molecule has 0 radical (unpaired) electrons. The molecule has 2 saturated heterocycles. The summed E-state index contributed by atoms with van der Waals surface area (Å²) in [5.41, 5.74) is 0. The van der Waals surface area contributed by atoms with Gasteiger partial charge in [0, 0.05) is 53.5 Å². The lowest BCUT2D eigenvalue weighted by Gasteiger charge is -2.48. The van der Waals surface area contributed by atoms with Gasteiger partial charge in [-0.25, -0.2) is 0 Å². The Bertz CT molecular complexity index is 347. The fraction of sp³-hybridized carbons (Fsp3) is 1.00. The first kappa shape index (κ1) is 15.9. The molecule has 0 amide bonds. The molecule has 3 rings (SSSR count). The summed E-state index contributed by atoms with van der Waals surface area (Å²) in [5, 5.41) is 3.87. The van der Waals surface area contributed by atoms with E-state index >= 15 is 0 Å². The van der Waals surface area contributed by atoms with E-state index in [2.05, 4.69) is 17.1 Å². The van der Waals surface area contributed by atoms with Crippen molar-refractivity contribution in [2.45, 2.75) is 76.4 Å². The van der Waals surface area contributed by atoms with E-state index < -0.39 is 10.8 Å². The van der Waals surface area contributed by atoms with Gasteiger partial charge in [-0.15, -0.1) is 0 Å². The quantitative estimate of drug-likeness (QED) is 0.869. The van der Waals surface area contributed by atoms with Gasteiger partial charge < -0.3 is 5.32 Å². The van der Waals surface area contributed by atoms with E-state index in [1.165, 1.54) is 45.1 Å². The average molecular weight is 313 g/mol. The Hall–Kier alpha value is 0.0700. The largest absolute Gasteiger partial charge is 0.311 e. The lowest BCUT2D eigenvalue weighted by Crippen LogP contribution is -2.62. The fourth-order valence-corrected chi connectivity index (χ4v) is 5.91. The number of hydrogen-bond donors (Lipinski definition) is 1. The minimum absolute atomic E-state index is 0.534. The van der Waals surface area contributed by atoms with Crippen molar-refractivity contribution in [3.63, 3.8) is 0 Å². The van der Waals surface area contributed by atoms with Crippen LogP contribution in [0.25, 0.3) is 0 Å². The molecule has 0 aromatic carbocycles. The molecule has 4 heteroatoms. The molecule has 0 spiro atoms. The van der Waals surface area contributed by atoms with Crippen LogP contribution in [0.3, 0.4) is 0 Å². The summed E-state index contributed by atoms with van der Waals surface area (Å²) in [7, 11) is -0.534. The van der Waals surface area contributed by atoms with Crippen LogP contribution < -0.4 is 5.32 Å². The first-order chi connectivity index (χ1) is 10.3. The van der Waals surface area contributed by atoms with Gasteiger partial charge in [-0.2, -0.15) is 0 Å². The first-order valence-corrected chi connectivity index (χ1v) is 10.6. The molecule has 2 heterocycles. The second kappa shape index (κ2) is 7.56. The molecule has 1 N–H and O–H groups in total. The summed E-state index contributed by atoms with van der Waals surface area (Å²) >= 11 is 0. The van der Waals surface area contributed by atoms with E-state index in [9.17, 15) is 4.21 Å². The van der Waals surface area contributed by atoms with E-state index in [0.717, 1.165) is 36.8 Å². The van der Waals surface area contributed by atoms with Crippen molar-refractivity contribution in [2.24, 2.45) is 5.92 Å². The average Bonchev–Trinajstić information content (AvgIpc) is 2.56. The number of hydrogen-bond acceptors (Lipinski definition) is 3. The van der Waals surface area contributed by atoms with Crippen LogP contribution in [0.5, 0.6) is 0 Å². The van der Waals surface area contributed by atoms with Gasteiger partial charge in [-0.05, 0) is 38.0 Å². The Morgan fingerprint density at radius 1 is 1.10 bits per heavy atom. The van der Waals surface area contributed by atoms with Crippen LogP contribution in [-0.4, -0.2) is 51.8 Å². The molecule has 1 aliphatic carbocycles. The topological polar surface area (TPSA) is 32.3 Å². The summed E-state index contributed by atoms with van der Waals surface area (Å²) in [6, 6.07) is 2.10.